The van der Waals surface area contributed by atoms with Crippen molar-refractivity contribution in [3.8, 4) is 5.75 Å². The van der Waals surface area contributed by atoms with E-state index in [1.54, 1.807) is 0 Å². The molecule has 0 saturated carbocycles. The first kappa shape index (κ1) is 14.4. The van der Waals surface area contributed by atoms with Crippen molar-refractivity contribution < 1.29 is 9.53 Å². The molecule has 21 heavy (non-hydrogen) atoms. The van der Waals surface area contributed by atoms with E-state index >= 15 is 0 Å². The second-order valence-electron chi connectivity index (χ2n) is 6.23. The number of hydrogen-bond acceptors (Lipinski definition) is 3. The molecule has 0 bridgehead atoms. The minimum Gasteiger partial charge on any atom is -0.493 e. The van der Waals surface area contributed by atoms with Crippen molar-refractivity contribution >= 4 is 5.91 Å². The van der Waals surface area contributed by atoms with E-state index in [4.69, 9.17) is 4.74 Å². The van der Waals surface area contributed by atoms with Crippen LogP contribution < -0.4 is 15.4 Å². The van der Waals surface area contributed by atoms with Gasteiger partial charge in [-0.1, -0.05) is 18.2 Å². The molecule has 3 unspecified atom stereocenters. The fourth-order valence-corrected chi connectivity index (χ4v) is 3.21. The maximum absolute atomic E-state index is 12.5. The number of hydrogen-bond donors (Lipinski definition) is 2. The van der Waals surface area contributed by atoms with Crippen LogP contribution in [-0.2, 0) is 4.79 Å². The van der Waals surface area contributed by atoms with E-state index in [9.17, 15) is 4.79 Å². The van der Waals surface area contributed by atoms with Gasteiger partial charge >= 0.3 is 0 Å². The average Bonchev–Trinajstić information content (AvgIpc) is 2.53. The normalized spacial score (nSPS) is 28.3. The fraction of sp³-hybridized carbons (Fsp3) is 0.588. The van der Waals surface area contributed by atoms with Crippen LogP contribution >= 0.6 is 0 Å². The molecule has 0 spiro atoms. The smallest absolute Gasteiger partial charge is 0.227 e. The second-order valence-corrected chi connectivity index (χ2v) is 6.23. The molecule has 0 aliphatic carbocycles. The highest BCUT2D eigenvalue weighted by molar-refractivity contribution is 5.84. The predicted octanol–water partition coefficient (Wildman–Crippen LogP) is 2.06. The zero-order chi connectivity index (χ0) is 14.7. The lowest BCUT2D eigenvalue weighted by molar-refractivity contribution is -0.123. The van der Waals surface area contributed by atoms with Crippen LogP contribution in [0.3, 0.4) is 0 Å². The summed E-state index contributed by atoms with van der Waals surface area (Å²) in [5.74, 6) is 1.49. The molecule has 1 aromatic rings. The molecule has 2 aliphatic rings. The van der Waals surface area contributed by atoms with Gasteiger partial charge in [-0.05, 0) is 44.7 Å². The van der Waals surface area contributed by atoms with Gasteiger partial charge in [0.05, 0.1) is 12.5 Å². The Morgan fingerprint density at radius 1 is 1.33 bits per heavy atom. The molecular weight excluding hydrogens is 264 g/mol. The molecule has 1 aromatic carbocycles. The van der Waals surface area contributed by atoms with Gasteiger partial charge in [0.15, 0.2) is 0 Å². The van der Waals surface area contributed by atoms with Crippen molar-refractivity contribution in [2.24, 2.45) is 5.92 Å². The number of nitrogens with one attached hydrogen (secondary N) is 2. The molecule has 2 N–H and O–H groups in total. The SMILES string of the molecule is CC1CCC(CNC(=O)C2CCOc3ccccc32)CN1. The Bertz CT molecular complexity index is 495. The van der Waals surface area contributed by atoms with Gasteiger partial charge < -0.3 is 15.4 Å². The van der Waals surface area contributed by atoms with Gasteiger partial charge in [-0.3, -0.25) is 4.79 Å². The van der Waals surface area contributed by atoms with Crippen LogP contribution in [-0.4, -0.2) is 31.6 Å². The molecule has 0 radical (unpaired) electrons. The summed E-state index contributed by atoms with van der Waals surface area (Å²) in [6, 6.07) is 8.48. The summed E-state index contributed by atoms with van der Waals surface area (Å²) >= 11 is 0. The number of rotatable bonds is 3. The second kappa shape index (κ2) is 6.48. The molecule has 1 amide bonds. The standard InChI is InChI=1S/C17H24N2O2/c1-12-6-7-13(10-18-12)11-19-17(20)15-8-9-21-16-5-3-2-4-14(15)16/h2-5,12-13,15,18H,6-11H2,1H3,(H,19,20). The minimum atomic E-state index is -0.0644. The number of fused-ring (bicyclic) bond motifs is 1. The third-order valence-corrected chi connectivity index (χ3v) is 4.60. The molecule has 4 nitrogen and oxygen atoms in total. The van der Waals surface area contributed by atoms with Gasteiger partial charge in [-0.2, -0.15) is 0 Å². The topological polar surface area (TPSA) is 50.4 Å². The molecule has 2 heterocycles. The number of benzene rings is 1. The van der Waals surface area contributed by atoms with Gasteiger partial charge in [0, 0.05) is 18.2 Å². The average molecular weight is 288 g/mol. The van der Waals surface area contributed by atoms with E-state index in [1.165, 1.54) is 12.8 Å². The molecule has 0 aromatic heterocycles. The third kappa shape index (κ3) is 3.38. The van der Waals surface area contributed by atoms with E-state index in [-0.39, 0.29) is 11.8 Å². The molecule has 2 aliphatic heterocycles. The first-order valence-electron chi connectivity index (χ1n) is 7.97. The molecular formula is C17H24N2O2. The Morgan fingerprint density at radius 3 is 3.00 bits per heavy atom. The maximum atomic E-state index is 12.5. The van der Waals surface area contributed by atoms with Crippen LogP contribution in [0.1, 0.15) is 37.7 Å². The van der Waals surface area contributed by atoms with Gasteiger partial charge in [-0.25, -0.2) is 0 Å². The van der Waals surface area contributed by atoms with Gasteiger partial charge in [0.2, 0.25) is 5.91 Å². The minimum absolute atomic E-state index is 0.0644. The molecule has 3 rings (SSSR count). The maximum Gasteiger partial charge on any atom is 0.227 e. The summed E-state index contributed by atoms with van der Waals surface area (Å²) in [5, 5.41) is 6.62. The Labute approximate surface area is 126 Å². The zero-order valence-corrected chi connectivity index (χ0v) is 12.6. The Hall–Kier alpha value is -1.55. The largest absolute Gasteiger partial charge is 0.493 e. The van der Waals surface area contributed by atoms with Crippen LogP contribution in [0.5, 0.6) is 5.75 Å². The van der Waals surface area contributed by atoms with Crippen molar-refractivity contribution in [1.82, 2.24) is 10.6 Å². The predicted molar refractivity (Wildman–Crippen MR) is 82.5 cm³/mol. The summed E-state index contributed by atoms with van der Waals surface area (Å²) < 4.78 is 5.62. The van der Waals surface area contributed by atoms with Gasteiger partial charge in [0.25, 0.3) is 0 Å². The number of ether oxygens (including phenoxy) is 1. The summed E-state index contributed by atoms with van der Waals surface area (Å²) in [7, 11) is 0. The summed E-state index contributed by atoms with van der Waals surface area (Å²) in [6.07, 6.45) is 3.16. The zero-order valence-electron chi connectivity index (χ0n) is 12.6. The van der Waals surface area contributed by atoms with E-state index in [2.05, 4.69) is 17.6 Å². The van der Waals surface area contributed by atoms with Crippen molar-refractivity contribution in [1.29, 1.82) is 0 Å². The highest BCUT2D eigenvalue weighted by Gasteiger charge is 2.28. The summed E-state index contributed by atoms with van der Waals surface area (Å²) in [4.78, 5) is 12.5. The number of para-hydroxylation sites is 1. The highest BCUT2D eigenvalue weighted by Crippen LogP contribution is 2.33. The number of carbonyl (C=O) groups is 1. The van der Waals surface area contributed by atoms with Crippen molar-refractivity contribution in [3.63, 3.8) is 0 Å². The van der Waals surface area contributed by atoms with Crippen LogP contribution in [0.2, 0.25) is 0 Å². The van der Waals surface area contributed by atoms with Crippen LogP contribution in [0.25, 0.3) is 0 Å². The fourth-order valence-electron chi connectivity index (χ4n) is 3.21. The van der Waals surface area contributed by atoms with Crippen LogP contribution in [0.4, 0.5) is 0 Å². The van der Waals surface area contributed by atoms with Crippen molar-refractivity contribution in [3.05, 3.63) is 29.8 Å². The third-order valence-electron chi connectivity index (χ3n) is 4.60. The number of amides is 1. The molecule has 4 heteroatoms. The molecule has 1 saturated heterocycles. The van der Waals surface area contributed by atoms with Crippen molar-refractivity contribution in [2.75, 3.05) is 19.7 Å². The van der Waals surface area contributed by atoms with E-state index in [0.29, 0.717) is 18.6 Å². The van der Waals surface area contributed by atoms with Crippen molar-refractivity contribution in [2.45, 2.75) is 38.1 Å². The Kier molecular flexibility index (Phi) is 4.44. The Balaban J connectivity index is 1.57. The van der Waals surface area contributed by atoms with Crippen LogP contribution in [0, 0.1) is 5.92 Å². The first-order chi connectivity index (χ1) is 10.2. The van der Waals surface area contributed by atoms with E-state index in [0.717, 1.165) is 30.8 Å². The number of carbonyl (C=O) groups excluding carboxylic acids is 1. The lowest BCUT2D eigenvalue weighted by atomic mass is 9.91. The highest BCUT2D eigenvalue weighted by atomic mass is 16.5. The van der Waals surface area contributed by atoms with E-state index < -0.39 is 0 Å². The summed E-state index contributed by atoms with van der Waals surface area (Å²) in [6.45, 7) is 4.62. The molecule has 3 atom stereocenters. The van der Waals surface area contributed by atoms with Gasteiger partial charge in [-0.15, -0.1) is 0 Å². The quantitative estimate of drug-likeness (QED) is 0.895. The lowest BCUT2D eigenvalue weighted by Crippen LogP contribution is -2.43. The Morgan fingerprint density at radius 2 is 2.19 bits per heavy atom. The monoisotopic (exact) mass is 288 g/mol. The number of piperidine rings is 1. The van der Waals surface area contributed by atoms with Crippen LogP contribution in [0.15, 0.2) is 24.3 Å². The summed E-state index contributed by atoms with van der Waals surface area (Å²) in [5.41, 5.74) is 1.02. The molecule has 1 fully saturated rings. The van der Waals surface area contributed by atoms with E-state index in [1.807, 2.05) is 24.3 Å². The first-order valence-corrected chi connectivity index (χ1v) is 7.97. The lowest BCUT2D eigenvalue weighted by Gasteiger charge is -2.29. The van der Waals surface area contributed by atoms with Gasteiger partial charge in [0.1, 0.15) is 5.75 Å². The molecule has 114 valence electrons.